The lowest BCUT2D eigenvalue weighted by Crippen LogP contribution is -2.24. The first-order valence-electron chi connectivity index (χ1n) is 8.58. The number of anilines is 1. The van der Waals surface area contributed by atoms with Crippen LogP contribution in [0.4, 0.5) is 10.1 Å². The molecule has 29 heavy (non-hydrogen) atoms. The number of nitrogens with one attached hydrogen (secondary N) is 2. The number of hydrogen-bond donors (Lipinski definition) is 2. The Morgan fingerprint density at radius 2 is 1.86 bits per heavy atom. The molecule has 0 saturated heterocycles. The second-order valence-corrected chi connectivity index (χ2v) is 8.80. The average Bonchev–Trinajstić information content (AvgIpc) is 3.19. The molecule has 6 nitrogen and oxygen atoms in total. The normalized spacial score (nSPS) is 11.1. The van der Waals surface area contributed by atoms with Gasteiger partial charge in [-0.15, -0.1) is 11.3 Å². The van der Waals surface area contributed by atoms with E-state index in [9.17, 15) is 17.6 Å². The molecule has 0 aliphatic rings. The minimum absolute atomic E-state index is 0.0442. The van der Waals surface area contributed by atoms with Crippen molar-refractivity contribution in [2.75, 3.05) is 11.8 Å². The highest BCUT2D eigenvalue weighted by Gasteiger charge is 2.24. The molecule has 0 saturated carbocycles. The van der Waals surface area contributed by atoms with Gasteiger partial charge in [-0.3, -0.25) is 9.52 Å². The molecule has 0 fully saturated rings. The van der Waals surface area contributed by atoms with Crippen molar-refractivity contribution in [3.8, 4) is 5.75 Å². The van der Waals surface area contributed by atoms with Crippen LogP contribution in [0.25, 0.3) is 0 Å². The first kappa shape index (κ1) is 20.8. The van der Waals surface area contributed by atoms with Crippen LogP contribution in [0.2, 0.25) is 0 Å². The highest BCUT2D eigenvalue weighted by atomic mass is 32.2. The third kappa shape index (κ3) is 4.93. The van der Waals surface area contributed by atoms with Crippen molar-refractivity contribution in [2.24, 2.45) is 0 Å². The Balaban J connectivity index is 1.73. The summed E-state index contributed by atoms with van der Waals surface area (Å²) in [6, 6.07) is 12.6. The van der Waals surface area contributed by atoms with Crippen molar-refractivity contribution >= 4 is 33.0 Å². The van der Waals surface area contributed by atoms with E-state index in [2.05, 4.69) is 10.0 Å². The number of ether oxygens (including phenoxy) is 1. The number of methoxy groups -OCH3 is 1. The standard InChI is InChI=1S/C20H19FN2O4S2/c1-13-3-6-15(7-4-13)23-29(25,26)18-9-10-28-19(18)20(24)22-12-14-5-8-17(27-2)16(21)11-14/h3-11,23H,12H2,1-2H3,(H,22,24). The lowest BCUT2D eigenvalue weighted by atomic mass is 10.2. The van der Waals surface area contributed by atoms with Crippen molar-refractivity contribution in [3.05, 3.63) is 75.7 Å². The molecule has 0 spiro atoms. The number of carbonyl (C=O) groups excluding carboxylic acids is 1. The fourth-order valence-corrected chi connectivity index (χ4v) is 4.99. The van der Waals surface area contributed by atoms with Gasteiger partial charge in [0, 0.05) is 12.2 Å². The van der Waals surface area contributed by atoms with Crippen molar-refractivity contribution in [2.45, 2.75) is 18.4 Å². The fourth-order valence-electron chi connectivity index (χ4n) is 2.59. The topological polar surface area (TPSA) is 84.5 Å². The second kappa shape index (κ2) is 8.62. The molecule has 1 aromatic heterocycles. The van der Waals surface area contributed by atoms with E-state index in [1.165, 1.54) is 30.7 Å². The van der Waals surface area contributed by atoms with Gasteiger partial charge in [0.15, 0.2) is 11.6 Å². The van der Waals surface area contributed by atoms with Crippen LogP contribution in [-0.4, -0.2) is 21.4 Å². The number of thiophene rings is 1. The summed E-state index contributed by atoms with van der Waals surface area (Å²) in [4.78, 5) is 12.5. The van der Waals surface area contributed by atoms with Gasteiger partial charge in [0.05, 0.1) is 7.11 Å². The molecule has 1 amide bonds. The van der Waals surface area contributed by atoms with Gasteiger partial charge in [-0.25, -0.2) is 12.8 Å². The molecule has 3 rings (SSSR count). The predicted octanol–water partition coefficient (Wildman–Crippen LogP) is 3.94. The monoisotopic (exact) mass is 434 g/mol. The summed E-state index contributed by atoms with van der Waals surface area (Å²) in [7, 11) is -2.57. The average molecular weight is 435 g/mol. The van der Waals surface area contributed by atoms with E-state index >= 15 is 0 Å². The fraction of sp³-hybridized carbons (Fsp3) is 0.150. The maximum absolute atomic E-state index is 13.8. The Morgan fingerprint density at radius 1 is 1.14 bits per heavy atom. The van der Waals surface area contributed by atoms with Crippen LogP contribution < -0.4 is 14.8 Å². The summed E-state index contributed by atoms with van der Waals surface area (Å²) in [6.45, 7) is 1.94. The van der Waals surface area contributed by atoms with Crippen LogP contribution in [0, 0.1) is 12.7 Å². The third-order valence-corrected chi connectivity index (χ3v) is 6.56. The van der Waals surface area contributed by atoms with Gasteiger partial charge in [-0.05, 0) is 48.2 Å². The van der Waals surface area contributed by atoms with Gasteiger partial charge < -0.3 is 10.1 Å². The number of halogens is 1. The number of aryl methyl sites for hydroxylation is 1. The molecule has 0 bridgehead atoms. The molecule has 0 atom stereocenters. The van der Waals surface area contributed by atoms with Gasteiger partial charge in [0.2, 0.25) is 0 Å². The van der Waals surface area contributed by atoms with Crippen LogP contribution >= 0.6 is 11.3 Å². The Hall–Kier alpha value is -2.91. The molecule has 1 heterocycles. The van der Waals surface area contributed by atoms with E-state index in [1.807, 2.05) is 6.92 Å². The molecule has 2 N–H and O–H groups in total. The van der Waals surface area contributed by atoms with E-state index in [0.717, 1.165) is 16.9 Å². The van der Waals surface area contributed by atoms with E-state index in [4.69, 9.17) is 4.74 Å². The molecule has 2 aromatic carbocycles. The van der Waals surface area contributed by atoms with Gasteiger partial charge >= 0.3 is 0 Å². The summed E-state index contributed by atoms with van der Waals surface area (Å²) in [6.07, 6.45) is 0. The smallest absolute Gasteiger partial charge is 0.263 e. The minimum atomic E-state index is -3.93. The summed E-state index contributed by atoms with van der Waals surface area (Å²) >= 11 is 1.02. The number of benzene rings is 2. The quantitative estimate of drug-likeness (QED) is 0.590. The molecular weight excluding hydrogens is 415 g/mol. The van der Waals surface area contributed by atoms with Crippen molar-refractivity contribution in [1.29, 1.82) is 0 Å². The van der Waals surface area contributed by atoms with Crippen LogP contribution in [-0.2, 0) is 16.6 Å². The first-order valence-corrected chi connectivity index (χ1v) is 10.9. The molecule has 0 aliphatic carbocycles. The number of rotatable bonds is 7. The second-order valence-electron chi connectivity index (χ2n) is 6.24. The summed E-state index contributed by atoms with van der Waals surface area (Å²) < 4.78 is 46.5. The highest BCUT2D eigenvalue weighted by Crippen LogP contribution is 2.25. The zero-order chi connectivity index (χ0) is 21.0. The zero-order valence-corrected chi connectivity index (χ0v) is 17.4. The zero-order valence-electron chi connectivity index (χ0n) is 15.7. The number of carbonyl (C=O) groups is 1. The molecule has 0 radical (unpaired) electrons. The van der Waals surface area contributed by atoms with Crippen molar-refractivity contribution < 1.29 is 22.3 Å². The van der Waals surface area contributed by atoms with Gasteiger partial charge in [-0.2, -0.15) is 0 Å². The highest BCUT2D eigenvalue weighted by molar-refractivity contribution is 7.93. The van der Waals surface area contributed by atoms with Crippen molar-refractivity contribution in [3.63, 3.8) is 0 Å². The lowest BCUT2D eigenvalue weighted by Gasteiger charge is -2.10. The minimum Gasteiger partial charge on any atom is -0.494 e. The number of hydrogen-bond acceptors (Lipinski definition) is 5. The van der Waals surface area contributed by atoms with Gasteiger partial charge in [0.25, 0.3) is 15.9 Å². The lowest BCUT2D eigenvalue weighted by molar-refractivity contribution is 0.0952. The van der Waals surface area contributed by atoms with Crippen LogP contribution in [0.15, 0.2) is 58.8 Å². The van der Waals surface area contributed by atoms with Crippen LogP contribution in [0.1, 0.15) is 20.8 Å². The molecule has 9 heteroatoms. The van der Waals surface area contributed by atoms with Gasteiger partial charge in [-0.1, -0.05) is 23.8 Å². The summed E-state index contributed by atoms with van der Waals surface area (Å²) in [5.74, 6) is -0.990. The predicted molar refractivity (Wildman–Crippen MR) is 110 cm³/mol. The Morgan fingerprint density at radius 3 is 2.52 bits per heavy atom. The third-order valence-electron chi connectivity index (χ3n) is 4.10. The molecule has 0 aliphatic heterocycles. The summed E-state index contributed by atoms with van der Waals surface area (Å²) in [5, 5.41) is 4.16. The molecule has 0 unspecified atom stereocenters. The summed E-state index contributed by atoms with van der Waals surface area (Å²) in [5.41, 5.74) is 1.93. The molecule has 3 aromatic rings. The Kier molecular flexibility index (Phi) is 6.19. The van der Waals surface area contributed by atoms with E-state index < -0.39 is 21.7 Å². The van der Waals surface area contributed by atoms with E-state index in [1.54, 1.807) is 30.3 Å². The molecule has 152 valence electrons. The Labute approximate surface area is 172 Å². The van der Waals surface area contributed by atoms with Crippen LogP contribution in [0.3, 0.4) is 0 Å². The SMILES string of the molecule is COc1ccc(CNC(=O)c2sccc2S(=O)(=O)Nc2ccc(C)cc2)cc1F. The van der Waals surface area contributed by atoms with E-state index in [-0.39, 0.29) is 22.1 Å². The Bertz CT molecular complexity index is 1130. The van der Waals surface area contributed by atoms with E-state index in [0.29, 0.717) is 11.3 Å². The van der Waals surface area contributed by atoms with Gasteiger partial charge in [0.1, 0.15) is 9.77 Å². The van der Waals surface area contributed by atoms with Crippen LogP contribution in [0.5, 0.6) is 5.75 Å². The maximum Gasteiger partial charge on any atom is 0.263 e. The maximum atomic E-state index is 13.8. The molecular formula is C20H19FN2O4S2. The first-order chi connectivity index (χ1) is 13.8. The largest absolute Gasteiger partial charge is 0.494 e. The number of amides is 1. The van der Waals surface area contributed by atoms with Crippen molar-refractivity contribution in [1.82, 2.24) is 5.32 Å². The number of sulfonamides is 1.